The molecule has 0 radical (unpaired) electrons. The minimum atomic E-state index is -4.74. The van der Waals surface area contributed by atoms with Gasteiger partial charge >= 0.3 is 6.36 Å². The van der Waals surface area contributed by atoms with Crippen LogP contribution in [0, 0.1) is 0 Å². The van der Waals surface area contributed by atoms with Gasteiger partial charge in [0.1, 0.15) is 18.1 Å². The molecule has 4 aromatic rings. The van der Waals surface area contributed by atoms with Crippen molar-refractivity contribution in [2.75, 3.05) is 0 Å². The highest BCUT2D eigenvalue weighted by atomic mass is 32.2. The van der Waals surface area contributed by atoms with Crippen molar-refractivity contribution in [1.29, 1.82) is 0 Å². The minimum Gasteiger partial charge on any atom is -0.487 e. The third-order valence-electron chi connectivity index (χ3n) is 4.16. The molecule has 0 aliphatic rings. The number of ether oxygens (including phenoxy) is 2. The Labute approximate surface area is 185 Å². The lowest BCUT2D eigenvalue weighted by molar-refractivity contribution is -0.274. The van der Waals surface area contributed by atoms with Crippen molar-refractivity contribution in [3.8, 4) is 17.2 Å². The molecule has 32 heavy (non-hydrogen) atoms. The van der Waals surface area contributed by atoms with Crippen LogP contribution >= 0.6 is 11.8 Å². The molecule has 11 heteroatoms. The van der Waals surface area contributed by atoms with E-state index >= 15 is 0 Å². The molecule has 0 saturated heterocycles. The summed E-state index contributed by atoms with van der Waals surface area (Å²) in [6, 6.07) is 18.6. The van der Waals surface area contributed by atoms with E-state index in [1.165, 1.54) is 40.7 Å². The molecule has 2 heterocycles. The summed E-state index contributed by atoms with van der Waals surface area (Å²) in [4.78, 5) is 4.22. The molecule has 0 atom stereocenters. The van der Waals surface area contributed by atoms with Crippen LogP contribution in [0.25, 0.3) is 5.69 Å². The van der Waals surface area contributed by atoms with Gasteiger partial charge in [-0.05, 0) is 64.5 Å². The Kier molecular flexibility index (Phi) is 6.55. The van der Waals surface area contributed by atoms with Gasteiger partial charge in [0.15, 0.2) is 0 Å². The lowest BCUT2D eigenvalue weighted by Crippen LogP contribution is -2.17. The van der Waals surface area contributed by atoms with Crippen LogP contribution in [-0.4, -0.2) is 31.6 Å². The number of hydrogen-bond donors (Lipinski definition) is 0. The third-order valence-corrected chi connectivity index (χ3v) is 5.15. The van der Waals surface area contributed by atoms with Gasteiger partial charge in [0, 0.05) is 11.9 Å². The highest BCUT2D eigenvalue weighted by Gasteiger charge is 2.31. The molecule has 2 aromatic carbocycles. The maximum atomic E-state index is 12.3. The smallest absolute Gasteiger partial charge is 0.487 e. The molecule has 0 N–H and O–H groups in total. The van der Waals surface area contributed by atoms with Gasteiger partial charge in [-0.15, -0.1) is 18.3 Å². The number of aromatic nitrogens is 5. The van der Waals surface area contributed by atoms with Gasteiger partial charge < -0.3 is 9.47 Å². The van der Waals surface area contributed by atoms with Crippen molar-refractivity contribution in [2.45, 2.75) is 23.9 Å². The molecule has 0 bridgehead atoms. The fourth-order valence-corrected chi connectivity index (χ4v) is 3.54. The molecular weight excluding hydrogens is 443 g/mol. The second-order valence-electron chi connectivity index (χ2n) is 6.46. The summed E-state index contributed by atoms with van der Waals surface area (Å²) < 4.78 is 48.0. The first-order valence-electron chi connectivity index (χ1n) is 9.35. The second-order valence-corrected chi connectivity index (χ2v) is 7.40. The number of alkyl halides is 3. The Morgan fingerprint density at radius 3 is 2.34 bits per heavy atom. The predicted molar refractivity (Wildman–Crippen MR) is 110 cm³/mol. The zero-order chi connectivity index (χ0) is 22.4. The zero-order valence-corrected chi connectivity index (χ0v) is 17.3. The van der Waals surface area contributed by atoms with Crippen LogP contribution < -0.4 is 9.47 Å². The van der Waals surface area contributed by atoms with E-state index in [1.807, 2.05) is 42.5 Å². The van der Waals surface area contributed by atoms with Crippen LogP contribution in [0.15, 0.2) is 78.1 Å². The van der Waals surface area contributed by atoms with Gasteiger partial charge in [0.25, 0.3) is 0 Å². The van der Waals surface area contributed by atoms with Crippen molar-refractivity contribution in [2.24, 2.45) is 0 Å². The van der Waals surface area contributed by atoms with Crippen LogP contribution in [0.3, 0.4) is 0 Å². The highest BCUT2D eigenvalue weighted by Crippen LogP contribution is 2.26. The molecule has 2 aromatic heterocycles. The van der Waals surface area contributed by atoms with E-state index in [2.05, 4.69) is 25.2 Å². The Morgan fingerprint density at radius 2 is 1.66 bits per heavy atom. The molecule has 0 amide bonds. The summed E-state index contributed by atoms with van der Waals surface area (Å²) >= 11 is 1.40. The Balaban J connectivity index is 1.34. The summed E-state index contributed by atoms with van der Waals surface area (Å²) in [6.07, 6.45) is -3.02. The minimum absolute atomic E-state index is 0.311. The van der Waals surface area contributed by atoms with E-state index in [0.717, 1.165) is 17.0 Å². The van der Waals surface area contributed by atoms with E-state index in [0.29, 0.717) is 23.2 Å². The molecule has 0 fully saturated rings. The molecule has 7 nitrogen and oxygen atoms in total. The molecule has 0 aliphatic heterocycles. The maximum absolute atomic E-state index is 12.3. The van der Waals surface area contributed by atoms with E-state index < -0.39 is 6.36 Å². The molecule has 0 aliphatic carbocycles. The summed E-state index contributed by atoms with van der Waals surface area (Å²) in [5.74, 6) is 1.01. The maximum Gasteiger partial charge on any atom is 0.573 e. The molecule has 0 spiro atoms. The fraction of sp³-hybridized carbons (Fsp3) is 0.143. The Morgan fingerprint density at radius 1 is 0.906 bits per heavy atom. The first-order valence-corrected chi connectivity index (χ1v) is 10.3. The summed E-state index contributed by atoms with van der Waals surface area (Å²) in [5.41, 5.74) is 2.39. The standard InChI is InChI=1S/C21H16F3N5O2S/c22-21(23,24)31-19-10-6-17(7-11-19)29-20(26-27-28-29)32-14-15-4-8-18(9-5-15)30-13-16-3-1-2-12-25-16/h1-12H,13-14H2. The fourth-order valence-electron chi connectivity index (χ4n) is 2.69. The lowest BCUT2D eigenvalue weighted by Gasteiger charge is -2.10. The molecule has 164 valence electrons. The number of thioether (sulfide) groups is 1. The summed E-state index contributed by atoms with van der Waals surface area (Å²) in [6.45, 7) is 0.385. The summed E-state index contributed by atoms with van der Waals surface area (Å²) in [7, 11) is 0. The van der Waals surface area contributed by atoms with Crippen LogP contribution in [-0.2, 0) is 12.4 Å². The van der Waals surface area contributed by atoms with Crippen molar-refractivity contribution in [1.82, 2.24) is 25.2 Å². The number of benzene rings is 2. The number of pyridine rings is 1. The number of rotatable bonds is 8. The largest absolute Gasteiger partial charge is 0.573 e. The van der Waals surface area contributed by atoms with Gasteiger partial charge in [0.2, 0.25) is 5.16 Å². The quantitative estimate of drug-likeness (QED) is 0.350. The van der Waals surface area contributed by atoms with Crippen molar-refractivity contribution >= 4 is 11.8 Å². The van der Waals surface area contributed by atoms with Gasteiger partial charge in [-0.25, -0.2) is 0 Å². The average Bonchev–Trinajstić information content (AvgIpc) is 3.26. The SMILES string of the molecule is FC(F)(F)Oc1ccc(-n2nnnc2SCc2ccc(OCc3ccccn3)cc2)cc1. The van der Waals surface area contributed by atoms with Crippen LogP contribution in [0.1, 0.15) is 11.3 Å². The van der Waals surface area contributed by atoms with Crippen molar-refractivity contribution < 1.29 is 22.6 Å². The molecule has 0 unspecified atom stereocenters. The van der Waals surface area contributed by atoms with Crippen LogP contribution in [0.4, 0.5) is 13.2 Å². The number of halogens is 3. The number of hydrogen-bond acceptors (Lipinski definition) is 7. The van der Waals surface area contributed by atoms with Gasteiger partial charge in [-0.3, -0.25) is 4.98 Å². The van der Waals surface area contributed by atoms with E-state index in [9.17, 15) is 13.2 Å². The second kappa shape index (κ2) is 9.69. The van der Waals surface area contributed by atoms with E-state index in [-0.39, 0.29) is 5.75 Å². The van der Waals surface area contributed by atoms with Crippen LogP contribution in [0.5, 0.6) is 11.5 Å². The van der Waals surface area contributed by atoms with Crippen molar-refractivity contribution in [3.63, 3.8) is 0 Å². The van der Waals surface area contributed by atoms with Gasteiger partial charge in [-0.1, -0.05) is 30.0 Å². The van der Waals surface area contributed by atoms with E-state index in [1.54, 1.807) is 6.20 Å². The predicted octanol–water partition coefficient (Wildman–Crippen LogP) is 4.83. The first kappa shape index (κ1) is 21.6. The molecule has 4 rings (SSSR count). The van der Waals surface area contributed by atoms with Gasteiger partial charge in [0.05, 0.1) is 11.4 Å². The monoisotopic (exact) mass is 459 g/mol. The zero-order valence-electron chi connectivity index (χ0n) is 16.4. The van der Waals surface area contributed by atoms with Crippen molar-refractivity contribution in [3.05, 3.63) is 84.2 Å². The normalized spacial score (nSPS) is 11.3. The number of nitrogens with zero attached hydrogens (tertiary/aromatic N) is 5. The Bertz CT molecular complexity index is 1140. The lowest BCUT2D eigenvalue weighted by atomic mass is 10.2. The highest BCUT2D eigenvalue weighted by molar-refractivity contribution is 7.98. The average molecular weight is 459 g/mol. The topological polar surface area (TPSA) is 75.0 Å². The summed E-state index contributed by atoms with van der Waals surface area (Å²) in [5, 5.41) is 12.1. The van der Waals surface area contributed by atoms with Crippen LogP contribution in [0.2, 0.25) is 0 Å². The molecule has 0 saturated carbocycles. The Hall–Kier alpha value is -3.60. The third kappa shape index (κ3) is 5.97. The van der Waals surface area contributed by atoms with Gasteiger partial charge in [-0.2, -0.15) is 4.68 Å². The first-order chi connectivity index (χ1) is 15.5. The molecular formula is C21H16F3N5O2S. The van der Waals surface area contributed by atoms with E-state index in [4.69, 9.17) is 4.74 Å². The number of tetrazole rings is 1.